The van der Waals surface area contributed by atoms with Crippen molar-refractivity contribution in [2.24, 2.45) is 0 Å². The second-order valence-corrected chi connectivity index (χ2v) is 10.1. The highest BCUT2D eigenvalue weighted by Gasteiger charge is 2.20. The maximum atomic E-state index is 11.9. The summed E-state index contributed by atoms with van der Waals surface area (Å²) in [5, 5.41) is 0. The molecule has 33 heavy (non-hydrogen) atoms. The molecule has 1 aromatic heterocycles. The van der Waals surface area contributed by atoms with E-state index in [4.69, 9.17) is 13.6 Å². The summed E-state index contributed by atoms with van der Waals surface area (Å²) >= 11 is 0. The molecule has 1 aliphatic heterocycles. The predicted octanol–water partition coefficient (Wildman–Crippen LogP) is 5.40. The van der Waals surface area contributed by atoms with Crippen LogP contribution in [-0.4, -0.2) is 37.6 Å². The minimum atomic E-state index is -3.67. The predicted molar refractivity (Wildman–Crippen MR) is 130 cm³/mol. The lowest BCUT2D eigenvalue weighted by Crippen LogP contribution is -2.19. The van der Waals surface area contributed by atoms with Crippen LogP contribution < -0.4 is 4.18 Å². The summed E-state index contributed by atoms with van der Waals surface area (Å²) in [5.74, 6) is 0.804. The fourth-order valence-electron chi connectivity index (χ4n) is 4.46. The van der Waals surface area contributed by atoms with Crippen LogP contribution in [0.15, 0.2) is 65.1 Å². The van der Waals surface area contributed by atoms with Crippen molar-refractivity contribution < 1.29 is 17.0 Å². The first-order valence-corrected chi connectivity index (χ1v) is 12.9. The van der Waals surface area contributed by atoms with Crippen molar-refractivity contribution >= 4 is 21.2 Å². The molecule has 0 radical (unpaired) electrons. The summed E-state index contributed by atoms with van der Waals surface area (Å²) in [6.45, 7) is 4.66. The number of benzene rings is 3. The minimum absolute atomic E-state index is 0.300. The van der Waals surface area contributed by atoms with Crippen LogP contribution in [0.3, 0.4) is 0 Å². The van der Waals surface area contributed by atoms with Gasteiger partial charge < -0.3 is 8.60 Å². The molecule has 5 rings (SSSR count). The molecule has 6 nitrogen and oxygen atoms in total. The molecular weight excluding hydrogens is 436 g/mol. The quantitative estimate of drug-likeness (QED) is 0.357. The normalized spacial score (nSPS) is 14.7. The van der Waals surface area contributed by atoms with Crippen LogP contribution in [0.2, 0.25) is 0 Å². The molecule has 0 saturated carbocycles. The van der Waals surface area contributed by atoms with Crippen molar-refractivity contribution in [3.63, 3.8) is 0 Å². The van der Waals surface area contributed by atoms with Crippen LogP contribution in [0.1, 0.15) is 24.0 Å². The maximum absolute atomic E-state index is 11.9. The van der Waals surface area contributed by atoms with Gasteiger partial charge in [-0.2, -0.15) is 8.42 Å². The highest BCUT2D eigenvalue weighted by molar-refractivity contribution is 7.86. The van der Waals surface area contributed by atoms with Gasteiger partial charge in [0.15, 0.2) is 11.3 Å². The van der Waals surface area contributed by atoms with Gasteiger partial charge in [-0.05, 0) is 61.7 Å². The van der Waals surface area contributed by atoms with Gasteiger partial charge in [0.1, 0.15) is 5.52 Å². The molecule has 1 saturated heterocycles. The molecule has 3 aromatic carbocycles. The molecular formula is C26H26N2O4S. The van der Waals surface area contributed by atoms with E-state index < -0.39 is 10.1 Å². The largest absolute Gasteiger partial charge is 0.436 e. The number of nitrogens with zero attached hydrogens (tertiary/aromatic N) is 2. The van der Waals surface area contributed by atoms with Gasteiger partial charge in [-0.3, -0.25) is 4.90 Å². The van der Waals surface area contributed by atoms with Gasteiger partial charge in [0.05, 0.1) is 6.26 Å². The molecule has 0 aliphatic carbocycles. The Morgan fingerprint density at radius 3 is 2.45 bits per heavy atom. The zero-order valence-electron chi connectivity index (χ0n) is 18.7. The van der Waals surface area contributed by atoms with Gasteiger partial charge in [-0.25, -0.2) is 4.98 Å². The third-order valence-electron chi connectivity index (χ3n) is 6.05. The Morgan fingerprint density at radius 2 is 1.73 bits per heavy atom. The Kier molecular flexibility index (Phi) is 5.68. The van der Waals surface area contributed by atoms with E-state index in [1.165, 1.54) is 0 Å². The molecule has 0 amide bonds. The van der Waals surface area contributed by atoms with E-state index in [1.54, 1.807) is 6.07 Å². The maximum Gasteiger partial charge on any atom is 0.306 e. The number of likely N-dealkylation sites (tertiary alicyclic amines) is 1. The minimum Gasteiger partial charge on any atom is -0.436 e. The molecule has 7 heteroatoms. The molecule has 0 bridgehead atoms. The summed E-state index contributed by atoms with van der Waals surface area (Å²) in [4.78, 5) is 7.06. The van der Waals surface area contributed by atoms with E-state index >= 15 is 0 Å². The highest BCUT2D eigenvalue weighted by atomic mass is 32.2. The summed E-state index contributed by atoms with van der Waals surface area (Å²) in [6.07, 6.45) is 3.35. The zero-order chi connectivity index (χ0) is 23.0. The highest BCUT2D eigenvalue weighted by Crippen LogP contribution is 2.35. The SMILES string of the molecule is Cc1c(-c2ccccc2)cccc1-c1nc2cc(CN3CCCC3)c(OS(C)(=O)=O)cc2o1. The topological polar surface area (TPSA) is 72.6 Å². The molecule has 0 atom stereocenters. The molecule has 4 aromatic rings. The Hall–Kier alpha value is -3.16. The average Bonchev–Trinajstić information content (AvgIpc) is 3.43. The number of oxazole rings is 1. The second-order valence-electron chi connectivity index (χ2n) is 8.56. The third-order valence-corrected chi connectivity index (χ3v) is 6.54. The zero-order valence-corrected chi connectivity index (χ0v) is 19.6. The summed E-state index contributed by atoms with van der Waals surface area (Å²) < 4.78 is 35.2. The van der Waals surface area contributed by atoms with E-state index in [0.717, 1.165) is 60.0 Å². The van der Waals surface area contributed by atoms with Gasteiger partial charge >= 0.3 is 10.1 Å². The number of hydrogen-bond acceptors (Lipinski definition) is 6. The van der Waals surface area contributed by atoms with E-state index in [2.05, 4.69) is 30.0 Å². The van der Waals surface area contributed by atoms with Crippen molar-refractivity contribution in [1.82, 2.24) is 9.88 Å². The smallest absolute Gasteiger partial charge is 0.306 e. The van der Waals surface area contributed by atoms with E-state index in [1.807, 2.05) is 36.4 Å². The molecule has 170 valence electrons. The van der Waals surface area contributed by atoms with Gasteiger partial charge in [-0.15, -0.1) is 0 Å². The van der Waals surface area contributed by atoms with Gasteiger partial charge in [-0.1, -0.05) is 42.5 Å². The number of rotatable bonds is 6. The van der Waals surface area contributed by atoms with Crippen molar-refractivity contribution in [2.75, 3.05) is 19.3 Å². The van der Waals surface area contributed by atoms with Crippen LogP contribution >= 0.6 is 0 Å². The lowest BCUT2D eigenvalue weighted by Gasteiger charge is -2.17. The van der Waals surface area contributed by atoms with E-state index in [9.17, 15) is 8.42 Å². The molecule has 0 unspecified atom stereocenters. The lowest BCUT2D eigenvalue weighted by molar-refractivity contribution is 0.328. The lowest BCUT2D eigenvalue weighted by atomic mass is 9.96. The summed E-state index contributed by atoms with van der Waals surface area (Å²) in [7, 11) is -3.67. The van der Waals surface area contributed by atoms with Gasteiger partial charge in [0.25, 0.3) is 0 Å². The van der Waals surface area contributed by atoms with E-state index in [-0.39, 0.29) is 0 Å². The van der Waals surface area contributed by atoms with Crippen LogP contribution in [0, 0.1) is 6.92 Å². The first-order chi connectivity index (χ1) is 15.9. The molecule has 0 spiro atoms. The standard InChI is InChI=1S/C26H26N2O4S/c1-18-21(19-9-4-3-5-10-19)11-8-12-22(18)26-27-23-15-20(17-28-13-6-7-14-28)24(16-25(23)31-26)32-33(2,29)30/h3-5,8-12,15-16H,6-7,13-14,17H2,1-2H3. The second kappa shape index (κ2) is 8.65. The number of fused-ring (bicyclic) bond motifs is 1. The fraction of sp³-hybridized carbons (Fsp3) is 0.269. The Bertz CT molecular complexity index is 1410. The van der Waals surface area contributed by atoms with Crippen LogP contribution in [0.5, 0.6) is 5.75 Å². The fourth-order valence-corrected chi connectivity index (χ4v) is 4.94. The Labute approximate surface area is 193 Å². The van der Waals surface area contributed by atoms with Crippen LogP contribution in [0.25, 0.3) is 33.7 Å². The van der Waals surface area contributed by atoms with E-state index in [0.29, 0.717) is 29.3 Å². The monoisotopic (exact) mass is 462 g/mol. The van der Waals surface area contributed by atoms with Gasteiger partial charge in [0.2, 0.25) is 5.89 Å². The van der Waals surface area contributed by atoms with Crippen LogP contribution in [0.4, 0.5) is 0 Å². The summed E-state index contributed by atoms with van der Waals surface area (Å²) in [5.41, 5.74) is 6.20. The number of aromatic nitrogens is 1. The van der Waals surface area contributed by atoms with Crippen LogP contribution in [-0.2, 0) is 16.7 Å². The molecule has 1 fully saturated rings. The average molecular weight is 463 g/mol. The van der Waals surface area contributed by atoms with Crippen molar-refractivity contribution in [3.8, 4) is 28.3 Å². The Morgan fingerprint density at radius 1 is 1.00 bits per heavy atom. The molecule has 2 heterocycles. The number of hydrogen-bond donors (Lipinski definition) is 0. The van der Waals surface area contributed by atoms with Crippen molar-refractivity contribution in [2.45, 2.75) is 26.3 Å². The molecule has 1 aliphatic rings. The van der Waals surface area contributed by atoms with Crippen molar-refractivity contribution in [1.29, 1.82) is 0 Å². The first kappa shape index (κ1) is 21.7. The first-order valence-electron chi connectivity index (χ1n) is 11.1. The summed E-state index contributed by atoms with van der Waals surface area (Å²) in [6, 6.07) is 19.8. The third kappa shape index (κ3) is 4.65. The van der Waals surface area contributed by atoms with Crippen molar-refractivity contribution in [3.05, 3.63) is 71.8 Å². The van der Waals surface area contributed by atoms with Gasteiger partial charge in [0, 0.05) is 23.7 Å². The Balaban J connectivity index is 1.58. The molecule has 0 N–H and O–H groups in total.